The molecule has 32 heavy (non-hydrogen) atoms. The molecule has 2 fully saturated rings. The lowest BCUT2D eigenvalue weighted by Crippen LogP contribution is -2.44. The number of Topliss-reactive ketones (excluding diaryl/α,β-unsaturated/α-hetero) is 1. The van der Waals surface area contributed by atoms with Crippen LogP contribution >= 0.6 is 0 Å². The number of likely N-dealkylation sites (tertiary alicyclic amines) is 1. The van der Waals surface area contributed by atoms with Crippen LogP contribution in [0.3, 0.4) is 0 Å². The Morgan fingerprint density at radius 1 is 0.875 bits per heavy atom. The van der Waals surface area contributed by atoms with Gasteiger partial charge in [-0.15, -0.1) is 0 Å². The fourth-order valence-corrected chi connectivity index (χ4v) is 4.91. The molecule has 0 spiro atoms. The SMILES string of the molecule is Cc1ccc(C(=O)C2CCN(C(=O)c3ccc(CN4CC(C)OC(C)C4)cc3)CC2)cc1. The standard InChI is InChI=1S/C27H34N2O3/c1-19-4-8-23(9-5-19)26(30)24-12-14-29(15-13-24)27(31)25-10-6-22(7-11-25)18-28-16-20(2)32-21(3)17-28/h4-11,20-21,24H,12-18H2,1-3H3. The first kappa shape index (κ1) is 22.7. The highest BCUT2D eigenvalue weighted by Gasteiger charge is 2.28. The van der Waals surface area contributed by atoms with Crippen molar-refractivity contribution in [1.82, 2.24) is 9.80 Å². The molecule has 2 aromatic carbocycles. The maximum atomic E-state index is 13.0. The second-order valence-corrected chi connectivity index (χ2v) is 9.45. The molecule has 5 nitrogen and oxygen atoms in total. The van der Waals surface area contributed by atoms with E-state index in [-0.39, 0.29) is 29.8 Å². The minimum absolute atomic E-state index is 0.00226. The lowest BCUT2D eigenvalue weighted by Gasteiger charge is -2.35. The summed E-state index contributed by atoms with van der Waals surface area (Å²) < 4.78 is 5.81. The smallest absolute Gasteiger partial charge is 0.253 e. The van der Waals surface area contributed by atoms with Gasteiger partial charge in [0.15, 0.2) is 5.78 Å². The van der Waals surface area contributed by atoms with Crippen molar-refractivity contribution >= 4 is 11.7 Å². The molecular weight excluding hydrogens is 400 g/mol. The molecule has 170 valence electrons. The number of benzene rings is 2. The van der Waals surface area contributed by atoms with Gasteiger partial charge in [-0.3, -0.25) is 14.5 Å². The van der Waals surface area contributed by atoms with Gasteiger partial charge in [-0.25, -0.2) is 0 Å². The highest BCUT2D eigenvalue weighted by molar-refractivity contribution is 5.98. The minimum atomic E-state index is 0.00226. The molecule has 2 atom stereocenters. The first-order chi connectivity index (χ1) is 15.4. The van der Waals surface area contributed by atoms with Gasteiger partial charge in [0.1, 0.15) is 0 Å². The van der Waals surface area contributed by atoms with Crippen molar-refractivity contribution in [3.05, 3.63) is 70.8 Å². The Morgan fingerprint density at radius 3 is 2.03 bits per heavy atom. The number of hydrogen-bond acceptors (Lipinski definition) is 4. The largest absolute Gasteiger partial charge is 0.373 e. The Kier molecular flexibility index (Phi) is 7.07. The molecule has 2 unspecified atom stereocenters. The van der Waals surface area contributed by atoms with E-state index >= 15 is 0 Å². The van der Waals surface area contributed by atoms with Crippen LogP contribution < -0.4 is 0 Å². The normalized spacial score (nSPS) is 22.7. The molecule has 2 aromatic rings. The van der Waals surface area contributed by atoms with Gasteiger partial charge in [-0.1, -0.05) is 42.0 Å². The molecule has 2 aliphatic heterocycles. The number of aryl methyl sites for hydroxylation is 1. The van der Waals surface area contributed by atoms with E-state index < -0.39 is 0 Å². The molecule has 0 aliphatic carbocycles. The van der Waals surface area contributed by atoms with Crippen LogP contribution in [-0.4, -0.2) is 59.9 Å². The van der Waals surface area contributed by atoms with Crippen molar-refractivity contribution in [2.75, 3.05) is 26.2 Å². The van der Waals surface area contributed by atoms with E-state index in [1.165, 1.54) is 5.56 Å². The van der Waals surface area contributed by atoms with Crippen LogP contribution in [0.2, 0.25) is 0 Å². The molecule has 2 aliphatic rings. The van der Waals surface area contributed by atoms with Crippen LogP contribution in [-0.2, 0) is 11.3 Å². The fourth-order valence-electron chi connectivity index (χ4n) is 4.91. The zero-order chi connectivity index (χ0) is 22.7. The first-order valence-corrected chi connectivity index (χ1v) is 11.8. The van der Waals surface area contributed by atoms with Crippen LogP contribution in [0.25, 0.3) is 0 Å². The number of ketones is 1. The third-order valence-electron chi connectivity index (χ3n) is 6.59. The molecular formula is C27H34N2O3. The van der Waals surface area contributed by atoms with E-state index in [1.807, 2.05) is 48.2 Å². The number of hydrogen-bond donors (Lipinski definition) is 0. The first-order valence-electron chi connectivity index (χ1n) is 11.8. The Bertz CT molecular complexity index is 920. The zero-order valence-corrected chi connectivity index (χ0v) is 19.4. The van der Waals surface area contributed by atoms with Crippen molar-refractivity contribution in [3.63, 3.8) is 0 Å². The molecule has 0 radical (unpaired) electrons. The van der Waals surface area contributed by atoms with Gasteiger partial charge < -0.3 is 9.64 Å². The van der Waals surface area contributed by atoms with Crippen molar-refractivity contribution in [2.45, 2.75) is 52.4 Å². The lowest BCUT2D eigenvalue weighted by atomic mass is 9.88. The highest BCUT2D eigenvalue weighted by Crippen LogP contribution is 2.24. The van der Waals surface area contributed by atoms with Crippen LogP contribution in [0.4, 0.5) is 0 Å². The van der Waals surface area contributed by atoms with Crippen molar-refractivity contribution < 1.29 is 14.3 Å². The summed E-state index contributed by atoms with van der Waals surface area (Å²) in [6.45, 7) is 10.2. The van der Waals surface area contributed by atoms with Crippen LogP contribution in [0, 0.1) is 12.8 Å². The molecule has 0 bridgehead atoms. The quantitative estimate of drug-likeness (QED) is 0.657. The van der Waals surface area contributed by atoms with Crippen LogP contribution in [0.1, 0.15) is 58.5 Å². The minimum Gasteiger partial charge on any atom is -0.373 e. The zero-order valence-electron chi connectivity index (χ0n) is 19.4. The second kappa shape index (κ2) is 9.97. The molecule has 1 amide bonds. The summed E-state index contributed by atoms with van der Waals surface area (Å²) in [4.78, 5) is 30.1. The maximum absolute atomic E-state index is 13.0. The van der Waals surface area contributed by atoms with Gasteiger partial charge >= 0.3 is 0 Å². The van der Waals surface area contributed by atoms with Gasteiger partial charge in [0.05, 0.1) is 12.2 Å². The van der Waals surface area contributed by atoms with Gasteiger partial charge in [-0.2, -0.15) is 0 Å². The summed E-state index contributed by atoms with van der Waals surface area (Å²) in [5.41, 5.74) is 3.87. The number of morpholine rings is 1. The number of rotatable bonds is 5. The lowest BCUT2D eigenvalue weighted by molar-refractivity contribution is -0.0704. The Balaban J connectivity index is 1.30. The molecule has 5 heteroatoms. The number of nitrogens with zero attached hydrogens (tertiary/aromatic N) is 2. The number of carbonyl (C=O) groups is 2. The Hall–Kier alpha value is -2.50. The number of amides is 1. The van der Waals surface area contributed by atoms with E-state index in [4.69, 9.17) is 4.74 Å². The van der Waals surface area contributed by atoms with Crippen LogP contribution in [0.15, 0.2) is 48.5 Å². The molecule has 0 saturated carbocycles. The Labute approximate surface area is 191 Å². The molecule has 2 saturated heterocycles. The summed E-state index contributed by atoms with van der Waals surface area (Å²) in [5.74, 6) is 0.266. The van der Waals surface area contributed by atoms with Gasteiger partial charge in [0.25, 0.3) is 5.91 Å². The summed E-state index contributed by atoms with van der Waals surface area (Å²) in [5, 5.41) is 0. The monoisotopic (exact) mass is 434 g/mol. The van der Waals surface area contributed by atoms with Crippen molar-refractivity contribution in [1.29, 1.82) is 0 Å². The summed E-state index contributed by atoms with van der Waals surface area (Å²) >= 11 is 0. The van der Waals surface area contributed by atoms with E-state index in [1.54, 1.807) is 0 Å². The van der Waals surface area contributed by atoms with Gasteiger partial charge in [0.2, 0.25) is 0 Å². The highest BCUT2D eigenvalue weighted by atomic mass is 16.5. The van der Waals surface area contributed by atoms with E-state index in [2.05, 4.69) is 30.9 Å². The molecule has 4 rings (SSSR count). The summed E-state index contributed by atoms with van der Waals surface area (Å²) in [6.07, 6.45) is 1.95. The third kappa shape index (κ3) is 5.45. The average molecular weight is 435 g/mol. The van der Waals surface area contributed by atoms with Gasteiger partial charge in [-0.05, 0) is 51.3 Å². The van der Waals surface area contributed by atoms with Crippen molar-refractivity contribution in [2.24, 2.45) is 5.92 Å². The summed E-state index contributed by atoms with van der Waals surface area (Å²) in [7, 11) is 0. The predicted molar refractivity (Wildman–Crippen MR) is 126 cm³/mol. The Morgan fingerprint density at radius 2 is 1.44 bits per heavy atom. The fraction of sp³-hybridized carbons (Fsp3) is 0.481. The number of carbonyl (C=O) groups excluding carboxylic acids is 2. The molecule has 0 N–H and O–H groups in total. The number of ether oxygens (including phenoxy) is 1. The third-order valence-corrected chi connectivity index (χ3v) is 6.59. The topological polar surface area (TPSA) is 49.9 Å². The predicted octanol–water partition coefficient (Wildman–Crippen LogP) is 4.34. The van der Waals surface area contributed by atoms with Crippen molar-refractivity contribution in [3.8, 4) is 0 Å². The van der Waals surface area contributed by atoms with E-state index in [9.17, 15) is 9.59 Å². The second-order valence-electron chi connectivity index (χ2n) is 9.45. The van der Waals surface area contributed by atoms with E-state index in [0.717, 1.165) is 49.2 Å². The van der Waals surface area contributed by atoms with Gasteiger partial charge in [0, 0.05) is 49.8 Å². The number of piperidine rings is 1. The summed E-state index contributed by atoms with van der Waals surface area (Å²) in [6, 6.07) is 15.8. The molecule has 2 heterocycles. The van der Waals surface area contributed by atoms with Crippen LogP contribution in [0.5, 0.6) is 0 Å². The average Bonchev–Trinajstić information content (AvgIpc) is 2.79. The van der Waals surface area contributed by atoms with E-state index in [0.29, 0.717) is 13.1 Å². The molecule has 0 aromatic heterocycles. The maximum Gasteiger partial charge on any atom is 0.253 e.